The Morgan fingerprint density at radius 1 is 0.644 bits per heavy atom. The third-order valence-corrected chi connectivity index (χ3v) is 10.1. The molecule has 6 aliphatic carbocycles. The summed E-state index contributed by atoms with van der Waals surface area (Å²) in [5, 5.41) is 7.81. The molecule has 45 heavy (non-hydrogen) atoms. The average Bonchev–Trinajstić information content (AvgIpc) is 3.90. The van der Waals surface area contributed by atoms with Crippen LogP contribution in [0.15, 0.2) is 30.3 Å². The number of benzene rings is 1. The van der Waals surface area contributed by atoms with Crippen LogP contribution in [-0.4, -0.2) is 17.1 Å². The summed E-state index contributed by atoms with van der Waals surface area (Å²) in [4.78, 5) is 4.52. The van der Waals surface area contributed by atoms with Crippen LogP contribution in [-0.2, 0) is 20.0 Å². The van der Waals surface area contributed by atoms with Gasteiger partial charge in [-0.1, -0.05) is 168 Å². The van der Waals surface area contributed by atoms with E-state index >= 15 is 0 Å². The van der Waals surface area contributed by atoms with Gasteiger partial charge in [-0.25, -0.2) is 10.1 Å². The molecule has 0 radical (unpaired) electrons. The van der Waals surface area contributed by atoms with Gasteiger partial charge in [-0.2, -0.15) is 8.67 Å². The van der Waals surface area contributed by atoms with Gasteiger partial charge in [-0.05, 0) is 67.3 Å². The predicted molar refractivity (Wildman–Crippen MR) is 199 cm³/mol. The van der Waals surface area contributed by atoms with Crippen molar-refractivity contribution in [2.24, 2.45) is 29.6 Å². The van der Waals surface area contributed by atoms with Crippen molar-refractivity contribution >= 4 is 25.0 Å². The lowest BCUT2D eigenvalue weighted by Gasteiger charge is -2.18. The van der Waals surface area contributed by atoms with Crippen LogP contribution in [0, 0.1) is 29.6 Å². The van der Waals surface area contributed by atoms with E-state index < -0.39 is 0 Å². The normalized spacial score (nSPS) is 20.7. The van der Waals surface area contributed by atoms with Crippen LogP contribution in [0.5, 0.6) is 0 Å². The van der Waals surface area contributed by atoms with E-state index in [1.807, 2.05) is 6.07 Å². The van der Waals surface area contributed by atoms with E-state index in [-0.39, 0.29) is 0 Å². The molecule has 264 valence electrons. The van der Waals surface area contributed by atoms with E-state index in [0.717, 1.165) is 66.6 Å². The molecule has 0 unspecified atom stereocenters. The fourth-order valence-electron chi connectivity index (χ4n) is 4.94. The Morgan fingerprint density at radius 3 is 1.38 bits per heavy atom. The van der Waals surface area contributed by atoms with Gasteiger partial charge in [0.2, 0.25) is 0 Å². The Hall–Kier alpha value is -0.240. The van der Waals surface area contributed by atoms with Crippen LogP contribution in [0.4, 0.5) is 0 Å². The first-order chi connectivity index (χ1) is 21.9. The molecule has 6 aliphatic rings. The van der Waals surface area contributed by atoms with Crippen molar-refractivity contribution in [3.63, 3.8) is 0 Å². The summed E-state index contributed by atoms with van der Waals surface area (Å²) >= 11 is 4.51. The Bertz CT molecular complexity index is 724. The molecular formula is C39H72O4S2. The summed E-state index contributed by atoms with van der Waals surface area (Å²) in [6.45, 7) is 11.4. The molecule has 1 aromatic rings. The molecule has 6 saturated carbocycles. The van der Waals surface area contributed by atoms with Gasteiger partial charge in [-0.15, -0.1) is 0 Å². The smallest absolute Gasteiger partial charge is 0.0944 e. The zero-order valence-corrected chi connectivity index (χ0v) is 31.6. The molecule has 0 aromatic heterocycles. The molecule has 0 amide bonds. The lowest BCUT2D eigenvalue weighted by atomic mass is 9.88. The van der Waals surface area contributed by atoms with Crippen LogP contribution in [0.3, 0.4) is 0 Å². The third-order valence-electron chi connectivity index (χ3n) is 9.34. The summed E-state index contributed by atoms with van der Waals surface area (Å²) < 4.78 is 7.87. The van der Waals surface area contributed by atoms with Gasteiger partial charge in [0.25, 0.3) is 0 Å². The topological polar surface area (TPSA) is 47.9 Å². The quantitative estimate of drug-likeness (QED) is 0.125. The molecule has 6 heteroatoms. The first kappa shape index (κ1) is 42.8. The van der Waals surface area contributed by atoms with Crippen LogP contribution in [0.2, 0.25) is 0 Å². The van der Waals surface area contributed by atoms with Gasteiger partial charge in [0, 0.05) is 30.7 Å². The first-order valence-corrected chi connectivity index (χ1v) is 20.2. The van der Waals surface area contributed by atoms with Gasteiger partial charge >= 0.3 is 0 Å². The highest BCUT2D eigenvalue weighted by Gasteiger charge is 2.23. The summed E-state index contributed by atoms with van der Waals surface area (Å²) in [7, 11) is 0. The maximum Gasteiger partial charge on any atom is 0.0944 e. The van der Waals surface area contributed by atoms with E-state index in [2.05, 4.69) is 85.3 Å². The van der Waals surface area contributed by atoms with Crippen molar-refractivity contribution in [1.29, 1.82) is 0 Å². The van der Waals surface area contributed by atoms with Gasteiger partial charge in [0.1, 0.15) is 0 Å². The first-order valence-electron chi connectivity index (χ1n) is 18.9. The molecule has 0 saturated heterocycles. The number of aryl methyl sites for hydroxylation is 1. The second-order valence-electron chi connectivity index (χ2n) is 14.2. The molecule has 7 rings (SSSR count). The number of thiol groups is 1. The van der Waals surface area contributed by atoms with Crippen LogP contribution < -0.4 is 0 Å². The largest absolute Gasteiger partial charge is 0.239 e. The average molecular weight is 669 g/mol. The predicted octanol–water partition coefficient (Wildman–Crippen LogP) is 13.5. The van der Waals surface area contributed by atoms with E-state index in [1.165, 1.54) is 121 Å². The molecule has 1 aromatic carbocycles. The molecule has 0 aliphatic heterocycles. The maximum absolute atomic E-state index is 7.81. The number of hydrogen-bond acceptors (Lipinski definition) is 6. The molecule has 0 atom stereocenters. The lowest BCUT2D eigenvalue weighted by Crippen LogP contribution is -2.03. The molecule has 1 N–H and O–H groups in total. The monoisotopic (exact) mass is 668 g/mol. The maximum atomic E-state index is 7.81. The fourth-order valence-corrected chi connectivity index (χ4v) is 5.65. The zero-order valence-electron chi connectivity index (χ0n) is 29.9. The van der Waals surface area contributed by atoms with Crippen molar-refractivity contribution in [3.8, 4) is 0 Å². The Balaban J connectivity index is 0.000000265. The van der Waals surface area contributed by atoms with Gasteiger partial charge in [0.05, 0.1) is 6.10 Å². The minimum atomic E-state index is 0.350. The van der Waals surface area contributed by atoms with Crippen molar-refractivity contribution in [3.05, 3.63) is 35.9 Å². The SMILES string of the molecule is CC1CC1.CC1CCCCC1.CCC1CC1.CCC1CCCCC1.CCc1ccccc1.OOSCC1CC1.SOOC1CC1. The second kappa shape index (κ2) is 29.9. The van der Waals surface area contributed by atoms with Crippen molar-refractivity contribution in [1.82, 2.24) is 0 Å². The van der Waals surface area contributed by atoms with E-state index in [9.17, 15) is 0 Å². The van der Waals surface area contributed by atoms with Gasteiger partial charge in [-0.3, -0.25) is 0 Å². The Kier molecular flexibility index (Phi) is 28.4. The Labute approximate surface area is 289 Å². The molecule has 0 heterocycles. The highest BCUT2D eigenvalue weighted by Crippen LogP contribution is 2.32. The van der Waals surface area contributed by atoms with Crippen LogP contribution in [0.1, 0.15) is 169 Å². The second-order valence-corrected chi connectivity index (χ2v) is 15.1. The lowest BCUT2D eigenvalue weighted by molar-refractivity contribution is -0.198. The summed E-state index contributed by atoms with van der Waals surface area (Å²) in [5.41, 5.74) is 1.41. The molecule has 0 bridgehead atoms. The van der Waals surface area contributed by atoms with Gasteiger partial charge in [0.15, 0.2) is 0 Å². The van der Waals surface area contributed by atoms with E-state index in [1.54, 1.807) is 0 Å². The summed E-state index contributed by atoms with van der Waals surface area (Å²) in [5.74, 6) is 6.13. The molecular weight excluding hydrogens is 597 g/mol. The van der Waals surface area contributed by atoms with Crippen molar-refractivity contribution in [2.45, 2.75) is 176 Å². The highest BCUT2D eigenvalue weighted by molar-refractivity contribution is 7.94. The van der Waals surface area contributed by atoms with E-state index in [4.69, 9.17) is 5.26 Å². The Morgan fingerprint density at radius 2 is 1.13 bits per heavy atom. The van der Waals surface area contributed by atoms with Gasteiger partial charge < -0.3 is 0 Å². The molecule has 0 spiro atoms. The zero-order chi connectivity index (χ0) is 33.0. The third kappa shape index (κ3) is 32.1. The molecule has 4 nitrogen and oxygen atoms in total. The molecule has 6 fully saturated rings. The fraction of sp³-hybridized carbons (Fsp3) is 0.846. The number of hydrogen-bond donors (Lipinski definition) is 2. The van der Waals surface area contributed by atoms with Crippen LogP contribution in [0.25, 0.3) is 0 Å². The van der Waals surface area contributed by atoms with Crippen molar-refractivity contribution in [2.75, 3.05) is 5.75 Å². The minimum absolute atomic E-state index is 0.350. The number of rotatable bonds is 8. The van der Waals surface area contributed by atoms with Crippen LogP contribution >= 0.6 is 25.0 Å². The summed E-state index contributed by atoms with van der Waals surface area (Å²) in [6.07, 6.45) is 30.2. The minimum Gasteiger partial charge on any atom is -0.239 e. The summed E-state index contributed by atoms with van der Waals surface area (Å²) in [6, 6.07) is 10.5. The highest BCUT2D eigenvalue weighted by atomic mass is 32.2. The van der Waals surface area contributed by atoms with E-state index in [0.29, 0.717) is 6.10 Å². The van der Waals surface area contributed by atoms with Crippen molar-refractivity contribution < 1.29 is 18.8 Å². The standard InChI is InChI=1S/C8H16.C8H10.C7H14.C5H10.C4H8O2S.C4H8.C3H6O2S/c2*1-2-8-6-4-3-5-7-8;1-7-5-3-2-4-6-7;1-2-5-3-4-5;5-6-7-3-4-1-2-4;1-4-2-3-4;6-5-4-3-1-2-3/h8H,2-7H2,1H3;3-7H,2H2,1H3;7H,2-6H2,1H3;5H,2-4H2,1H3;4-5H,1-3H2;4H,2-3H2,1H3;3,6H,1-2H2.